The number of halogens is 3. The third-order valence-electron chi connectivity index (χ3n) is 2.59. The van der Waals surface area contributed by atoms with Crippen LogP contribution in [-0.4, -0.2) is 30.1 Å². The molecule has 1 aliphatic heterocycles. The van der Waals surface area contributed by atoms with Crippen molar-refractivity contribution in [1.82, 2.24) is 4.90 Å². The van der Waals surface area contributed by atoms with Crippen LogP contribution in [0.15, 0.2) is 36.0 Å². The number of rotatable bonds is 2. The highest BCUT2D eigenvalue weighted by Gasteiger charge is 2.42. The predicted molar refractivity (Wildman–Crippen MR) is 70.6 cm³/mol. The lowest BCUT2D eigenvalue weighted by molar-refractivity contribution is -0.185. The van der Waals surface area contributed by atoms with Gasteiger partial charge in [-0.2, -0.15) is 13.2 Å². The molecule has 1 heterocycles. The quantitative estimate of drug-likeness (QED) is 0.701. The van der Waals surface area contributed by atoms with E-state index in [1.54, 1.807) is 19.1 Å². The van der Waals surface area contributed by atoms with Gasteiger partial charge in [-0.15, -0.1) is 0 Å². The molecule has 1 rings (SSSR count). The minimum absolute atomic E-state index is 0.0369. The summed E-state index contributed by atoms with van der Waals surface area (Å²) in [7, 11) is 0. The van der Waals surface area contributed by atoms with Crippen molar-refractivity contribution in [2.75, 3.05) is 13.1 Å². The molecular weight excluding hydrogens is 255 g/mol. The fourth-order valence-electron chi connectivity index (χ4n) is 1.70. The summed E-state index contributed by atoms with van der Waals surface area (Å²) in [6, 6.07) is 0. The predicted octanol–water partition coefficient (Wildman–Crippen LogP) is 3.87. The molecule has 0 atom stereocenters. The van der Waals surface area contributed by atoms with E-state index >= 15 is 0 Å². The molecule has 5 heteroatoms. The molecule has 0 aromatic heterocycles. The molecule has 0 unspecified atom stereocenters. The van der Waals surface area contributed by atoms with Crippen molar-refractivity contribution in [3.8, 4) is 0 Å². The average Bonchev–Trinajstić information content (AvgIpc) is 2.37. The van der Waals surface area contributed by atoms with Gasteiger partial charge in [0.2, 0.25) is 0 Å². The third-order valence-corrected chi connectivity index (χ3v) is 2.59. The second kappa shape index (κ2) is 7.81. The standard InChI is InChI=1S/C12H14F3NO.C2H6/c1-3-4-5-10-6-7-16(8-9(10)2)11(17)12(13,14)15;1-2/h3-5H,1,6-8H2,2H3;1-2H3/b5-4-;. The molecule has 0 fully saturated rings. The van der Waals surface area contributed by atoms with Crippen molar-refractivity contribution in [3.05, 3.63) is 36.0 Å². The second-order valence-corrected chi connectivity index (χ2v) is 3.87. The number of amides is 1. The molecule has 0 radical (unpaired) electrons. The number of hydrogen-bond acceptors (Lipinski definition) is 1. The summed E-state index contributed by atoms with van der Waals surface area (Å²) in [5.74, 6) is -1.76. The zero-order chi connectivity index (χ0) is 15.1. The van der Waals surface area contributed by atoms with E-state index in [4.69, 9.17) is 0 Å². The van der Waals surface area contributed by atoms with Crippen LogP contribution in [-0.2, 0) is 4.79 Å². The van der Waals surface area contributed by atoms with E-state index in [1.165, 1.54) is 0 Å². The molecule has 1 aliphatic rings. The van der Waals surface area contributed by atoms with Crippen molar-refractivity contribution < 1.29 is 18.0 Å². The van der Waals surface area contributed by atoms with E-state index in [-0.39, 0.29) is 13.1 Å². The summed E-state index contributed by atoms with van der Waals surface area (Å²) in [4.78, 5) is 11.9. The number of carbonyl (C=O) groups is 1. The molecule has 0 saturated heterocycles. The zero-order valence-electron chi connectivity index (χ0n) is 11.5. The van der Waals surface area contributed by atoms with Crippen LogP contribution in [0.1, 0.15) is 27.2 Å². The van der Waals surface area contributed by atoms with Crippen LogP contribution in [0.3, 0.4) is 0 Å². The van der Waals surface area contributed by atoms with E-state index < -0.39 is 12.1 Å². The Labute approximate surface area is 112 Å². The van der Waals surface area contributed by atoms with E-state index in [0.717, 1.165) is 16.0 Å². The Hall–Kier alpha value is -1.52. The first-order chi connectivity index (χ1) is 8.86. The summed E-state index contributed by atoms with van der Waals surface area (Å²) in [6.07, 6.45) is 0.818. The molecule has 0 aromatic rings. The summed E-state index contributed by atoms with van der Waals surface area (Å²) in [5.41, 5.74) is 1.75. The Morgan fingerprint density at radius 2 is 1.95 bits per heavy atom. The van der Waals surface area contributed by atoms with Crippen molar-refractivity contribution in [2.24, 2.45) is 0 Å². The van der Waals surface area contributed by atoms with E-state index in [9.17, 15) is 18.0 Å². The van der Waals surface area contributed by atoms with Crippen molar-refractivity contribution >= 4 is 5.91 Å². The van der Waals surface area contributed by atoms with Gasteiger partial charge in [0.05, 0.1) is 0 Å². The monoisotopic (exact) mass is 275 g/mol. The molecule has 0 bridgehead atoms. The van der Waals surface area contributed by atoms with Gasteiger partial charge in [-0.1, -0.05) is 44.2 Å². The Balaban J connectivity index is 0.00000154. The lowest BCUT2D eigenvalue weighted by atomic mass is 10.0. The van der Waals surface area contributed by atoms with Gasteiger partial charge in [0.1, 0.15) is 0 Å². The third kappa shape index (κ3) is 5.32. The largest absolute Gasteiger partial charge is 0.471 e. The number of nitrogens with zero attached hydrogens (tertiary/aromatic N) is 1. The normalized spacial score (nSPS) is 16.2. The summed E-state index contributed by atoms with van der Waals surface area (Å²) >= 11 is 0. The molecule has 0 saturated carbocycles. The average molecular weight is 275 g/mol. The topological polar surface area (TPSA) is 20.3 Å². The summed E-state index contributed by atoms with van der Waals surface area (Å²) < 4.78 is 36.7. The van der Waals surface area contributed by atoms with Crippen molar-refractivity contribution in [3.63, 3.8) is 0 Å². The maximum absolute atomic E-state index is 12.2. The molecule has 0 N–H and O–H groups in total. The van der Waals surface area contributed by atoms with Crippen molar-refractivity contribution in [1.29, 1.82) is 0 Å². The van der Waals surface area contributed by atoms with E-state index in [2.05, 4.69) is 6.58 Å². The highest BCUT2D eigenvalue weighted by Crippen LogP contribution is 2.24. The van der Waals surface area contributed by atoms with Gasteiger partial charge in [-0.05, 0) is 18.9 Å². The fourth-order valence-corrected chi connectivity index (χ4v) is 1.70. The van der Waals surface area contributed by atoms with Gasteiger partial charge >= 0.3 is 12.1 Å². The van der Waals surface area contributed by atoms with Crippen LogP contribution in [0.2, 0.25) is 0 Å². The molecule has 19 heavy (non-hydrogen) atoms. The van der Waals surface area contributed by atoms with Crippen LogP contribution in [0.4, 0.5) is 13.2 Å². The lowest BCUT2D eigenvalue weighted by Crippen LogP contribution is -2.44. The maximum Gasteiger partial charge on any atom is 0.471 e. The van der Waals surface area contributed by atoms with Crippen LogP contribution >= 0.6 is 0 Å². The van der Waals surface area contributed by atoms with Crippen molar-refractivity contribution in [2.45, 2.75) is 33.4 Å². The minimum Gasteiger partial charge on any atom is -0.331 e. The Morgan fingerprint density at radius 3 is 2.37 bits per heavy atom. The van der Waals surface area contributed by atoms with Gasteiger partial charge in [-0.3, -0.25) is 4.79 Å². The van der Waals surface area contributed by atoms with Gasteiger partial charge in [0, 0.05) is 13.1 Å². The fraction of sp³-hybridized carbons (Fsp3) is 0.500. The minimum atomic E-state index is -4.78. The summed E-state index contributed by atoms with van der Waals surface area (Å²) in [5, 5.41) is 0. The highest BCUT2D eigenvalue weighted by atomic mass is 19.4. The Bertz CT molecular complexity index is 381. The number of allylic oxidation sites excluding steroid dienone is 3. The second-order valence-electron chi connectivity index (χ2n) is 3.87. The van der Waals surface area contributed by atoms with Crippen LogP contribution in [0.5, 0.6) is 0 Å². The molecule has 1 amide bonds. The number of alkyl halides is 3. The lowest BCUT2D eigenvalue weighted by Gasteiger charge is -2.29. The van der Waals surface area contributed by atoms with Gasteiger partial charge in [-0.25, -0.2) is 0 Å². The molecule has 2 nitrogen and oxygen atoms in total. The smallest absolute Gasteiger partial charge is 0.331 e. The van der Waals surface area contributed by atoms with Crippen LogP contribution < -0.4 is 0 Å². The first-order valence-corrected chi connectivity index (χ1v) is 6.20. The molecule has 0 aliphatic carbocycles. The van der Waals surface area contributed by atoms with E-state index in [0.29, 0.717) is 6.42 Å². The van der Waals surface area contributed by atoms with Gasteiger partial charge in [0.15, 0.2) is 0 Å². The first-order valence-electron chi connectivity index (χ1n) is 6.20. The van der Waals surface area contributed by atoms with Crippen LogP contribution in [0, 0.1) is 0 Å². The van der Waals surface area contributed by atoms with Gasteiger partial charge < -0.3 is 4.90 Å². The first kappa shape index (κ1) is 17.5. The maximum atomic E-state index is 12.2. The molecular formula is C14H20F3NO. The summed E-state index contributed by atoms with van der Waals surface area (Å²) in [6.45, 7) is 9.40. The SMILES string of the molecule is C=C/C=C\C1=C(C)CN(C(=O)C(F)(F)F)CC1.CC. The molecule has 108 valence electrons. The highest BCUT2D eigenvalue weighted by molar-refractivity contribution is 5.82. The molecule has 0 aromatic carbocycles. The molecule has 0 spiro atoms. The zero-order valence-corrected chi connectivity index (χ0v) is 11.5. The van der Waals surface area contributed by atoms with Gasteiger partial charge in [0.25, 0.3) is 0 Å². The number of hydrogen-bond donors (Lipinski definition) is 0. The van der Waals surface area contributed by atoms with E-state index in [1.807, 2.05) is 19.9 Å². The Morgan fingerprint density at radius 1 is 1.37 bits per heavy atom. The van der Waals surface area contributed by atoms with Crippen LogP contribution in [0.25, 0.3) is 0 Å². The Kier molecular flexibility index (Phi) is 7.19. The number of carbonyl (C=O) groups excluding carboxylic acids is 1.